The molecule has 1 aromatic carbocycles. The average Bonchev–Trinajstić information content (AvgIpc) is 3.12. The number of hydrogen-bond acceptors (Lipinski definition) is 4. The molecule has 3 aromatic rings. The van der Waals surface area contributed by atoms with E-state index in [0.717, 1.165) is 20.6 Å². The summed E-state index contributed by atoms with van der Waals surface area (Å²) in [6, 6.07) is 11.9. The van der Waals surface area contributed by atoms with Gasteiger partial charge in [-0.2, -0.15) is 0 Å². The van der Waals surface area contributed by atoms with Crippen LogP contribution in [-0.4, -0.2) is 30.6 Å². The monoisotopic (exact) mass is 388 g/mol. The molecule has 2 heterocycles. The van der Waals surface area contributed by atoms with Gasteiger partial charge in [0.15, 0.2) is 0 Å². The average molecular weight is 387 g/mol. The zero-order chi connectivity index (χ0) is 16.6. The van der Waals surface area contributed by atoms with Crippen LogP contribution < -0.4 is 0 Å². The molecule has 0 bridgehead atoms. The standard InChI is InChI=1S/C17H12N2O2SSe/c1-9-3-6-14(22-9)13-5-4-11(7-12(13)8-18)16-19-10(2)15(23-16)17(20)21/h3-7H,1-2H3,(H,20,21). The van der Waals surface area contributed by atoms with Crippen molar-refractivity contribution in [1.82, 2.24) is 4.98 Å². The Morgan fingerprint density at radius 1 is 1.30 bits per heavy atom. The molecule has 0 amide bonds. The van der Waals surface area contributed by atoms with Crippen LogP contribution in [-0.2, 0) is 0 Å². The van der Waals surface area contributed by atoms with Crippen molar-refractivity contribution in [3.05, 3.63) is 50.9 Å². The Hall–Kier alpha value is -2.19. The van der Waals surface area contributed by atoms with Crippen molar-refractivity contribution in [1.29, 1.82) is 5.26 Å². The van der Waals surface area contributed by atoms with E-state index in [4.69, 9.17) is 0 Å². The molecule has 0 unspecified atom stereocenters. The van der Waals surface area contributed by atoms with Crippen molar-refractivity contribution in [2.24, 2.45) is 0 Å². The van der Waals surface area contributed by atoms with Crippen molar-refractivity contribution < 1.29 is 9.90 Å². The molecule has 0 fully saturated rings. The van der Waals surface area contributed by atoms with Crippen molar-refractivity contribution in [2.45, 2.75) is 13.8 Å². The molecule has 0 radical (unpaired) electrons. The van der Waals surface area contributed by atoms with Crippen molar-refractivity contribution in [3.8, 4) is 26.6 Å². The van der Waals surface area contributed by atoms with Crippen LogP contribution in [0.25, 0.3) is 20.6 Å². The van der Waals surface area contributed by atoms with Gasteiger partial charge in [-0.3, -0.25) is 0 Å². The summed E-state index contributed by atoms with van der Waals surface area (Å²) in [6.45, 7) is 3.75. The minimum absolute atomic E-state index is 0.330. The summed E-state index contributed by atoms with van der Waals surface area (Å²) in [5.41, 5.74) is 2.88. The predicted molar refractivity (Wildman–Crippen MR) is 91.1 cm³/mol. The molecule has 114 valence electrons. The Morgan fingerprint density at radius 2 is 2.09 bits per heavy atom. The molecule has 6 heteroatoms. The molecule has 0 aliphatic rings. The summed E-state index contributed by atoms with van der Waals surface area (Å²) in [5.74, 6) is -0.910. The van der Waals surface area contributed by atoms with Gasteiger partial charge >= 0.3 is 143 Å². The number of hydrogen-bond donors (Lipinski definition) is 1. The van der Waals surface area contributed by atoms with Crippen molar-refractivity contribution in [2.75, 3.05) is 0 Å². The summed E-state index contributed by atoms with van der Waals surface area (Å²) >= 11 is 1.32. The van der Waals surface area contributed by atoms with Gasteiger partial charge in [-0.05, 0) is 0 Å². The SMILES string of the molecule is Cc1ccc(-c2ccc(-c3nc(C)c(C(=O)O)[se]3)cc2C#N)s1. The summed E-state index contributed by atoms with van der Waals surface area (Å²) in [7, 11) is 0. The van der Waals surface area contributed by atoms with E-state index in [9.17, 15) is 15.2 Å². The number of carbonyl (C=O) groups is 1. The first-order chi connectivity index (χ1) is 11.0. The number of carboxylic acid groups (broad SMARTS) is 1. The second-order valence-electron chi connectivity index (χ2n) is 5.02. The van der Waals surface area contributed by atoms with Gasteiger partial charge in [-0.15, -0.1) is 0 Å². The van der Waals surface area contributed by atoms with E-state index in [1.807, 2.05) is 37.3 Å². The predicted octanol–water partition coefficient (Wildman–Crippen LogP) is 3.72. The molecule has 0 spiro atoms. The zero-order valence-corrected chi connectivity index (χ0v) is 15.0. The number of rotatable bonds is 3. The molecule has 23 heavy (non-hydrogen) atoms. The maximum absolute atomic E-state index is 11.2. The number of carboxylic acids is 1. The number of aromatic nitrogens is 1. The van der Waals surface area contributed by atoms with Crippen molar-refractivity contribution in [3.63, 3.8) is 0 Å². The zero-order valence-electron chi connectivity index (χ0n) is 12.5. The Bertz CT molecular complexity index is 950. The van der Waals surface area contributed by atoms with E-state index in [-0.39, 0.29) is 14.5 Å². The van der Waals surface area contributed by atoms with Gasteiger partial charge in [0.25, 0.3) is 0 Å². The molecule has 2 aromatic heterocycles. The minimum atomic E-state index is -0.910. The number of aryl methyl sites for hydroxylation is 2. The van der Waals surface area contributed by atoms with Crippen LogP contribution in [0.1, 0.15) is 25.4 Å². The molecular weight excluding hydrogens is 375 g/mol. The number of thiophene rings is 1. The third kappa shape index (κ3) is 2.99. The van der Waals surface area contributed by atoms with Gasteiger partial charge in [0.05, 0.1) is 0 Å². The molecule has 4 nitrogen and oxygen atoms in total. The van der Waals surface area contributed by atoms with Crippen LogP contribution >= 0.6 is 11.3 Å². The second kappa shape index (κ2) is 6.13. The second-order valence-corrected chi connectivity index (χ2v) is 8.41. The fourth-order valence-corrected chi connectivity index (χ4v) is 5.08. The van der Waals surface area contributed by atoms with Gasteiger partial charge in [-0.1, -0.05) is 0 Å². The van der Waals surface area contributed by atoms with E-state index in [2.05, 4.69) is 11.1 Å². The Labute approximate surface area is 143 Å². The number of nitriles is 1. The van der Waals surface area contributed by atoms with Gasteiger partial charge in [0.1, 0.15) is 0 Å². The first kappa shape index (κ1) is 15.7. The summed E-state index contributed by atoms with van der Waals surface area (Å²) < 4.78 is 1.14. The first-order valence-corrected chi connectivity index (χ1v) is 9.34. The Balaban J connectivity index is 2.08. The van der Waals surface area contributed by atoms with Crippen LogP contribution in [0.4, 0.5) is 0 Å². The van der Waals surface area contributed by atoms with Gasteiger partial charge in [0.2, 0.25) is 0 Å². The number of aromatic carboxylic acids is 1. The number of nitrogens with zero attached hydrogens (tertiary/aromatic N) is 2. The van der Waals surface area contributed by atoms with Crippen LogP contribution in [0.2, 0.25) is 0 Å². The van der Waals surface area contributed by atoms with Gasteiger partial charge in [-0.25, -0.2) is 0 Å². The Kier molecular flexibility index (Phi) is 4.18. The first-order valence-electron chi connectivity index (χ1n) is 6.81. The van der Waals surface area contributed by atoms with Crippen molar-refractivity contribution >= 4 is 31.8 Å². The molecular formula is C17H12N2O2SSe. The van der Waals surface area contributed by atoms with E-state index >= 15 is 0 Å². The van der Waals surface area contributed by atoms with Crippen LogP contribution in [0.3, 0.4) is 0 Å². The fraction of sp³-hybridized carbons (Fsp3) is 0.118. The molecule has 0 atom stereocenters. The van der Waals surface area contributed by atoms with Crippen LogP contribution in [0, 0.1) is 25.2 Å². The Morgan fingerprint density at radius 3 is 2.65 bits per heavy atom. The maximum atomic E-state index is 11.2. The van der Waals surface area contributed by atoms with Gasteiger partial charge < -0.3 is 0 Å². The molecule has 0 saturated heterocycles. The molecule has 0 aliphatic carbocycles. The molecule has 1 N–H and O–H groups in total. The van der Waals surface area contributed by atoms with E-state index in [0.29, 0.717) is 15.7 Å². The van der Waals surface area contributed by atoms with E-state index < -0.39 is 5.97 Å². The van der Waals surface area contributed by atoms with Gasteiger partial charge in [0, 0.05) is 0 Å². The van der Waals surface area contributed by atoms with Crippen LogP contribution in [0.5, 0.6) is 0 Å². The fourth-order valence-electron chi connectivity index (χ4n) is 2.28. The third-order valence-corrected chi connectivity index (χ3v) is 6.92. The normalized spacial score (nSPS) is 10.5. The number of benzene rings is 1. The topological polar surface area (TPSA) is 74.0 Å². The molecule has 0 saturated carbocycles. The third-order valence-electron chi connectivity index (χ3n) is 3.38. The van der Waals surface area contributed by atoms with E-state index in [1.165, 1.54) is 4.88 Å². The molecule has 0 aliphatic heterocycles. The van der Waals surface area contributed by atoms with Crippen LogP contribution in [0.15, 0.2) is 30.3 Å². The van der Waals surface area contributed by atoms with E-state index in [1.54, 1.807) is 18.3 Å². The molecule has 3 rings (SSSR count). The summed E-state index contributed by atoms with van der Waals surface area (Å²) in [4.78, 5) is 17.8. The summed E-state index contributed by atoms with van der Waals surface area (Å²) in [6.07, 6.45) is 0. The summed E-state index contributed by atoms with van der Waals surface area (Å²) in [5, 5.41) is 18.6. The quantitative estimate of drug-likeness (QED) is 0.695.